The Morgan fingerprint density at radius 3 is 2.71 bits per heavy atom. The van der Waals surface area contributed by atoms with E-state index in [1.807, 2.05) is 0 Å². The highest BCUT2D eigenvalue weighted by Crippen LogP contribution is 2.34. The van der Waals surface area contributed by atoms with Crippen molar-refractivity contribution in [2.45, 2.75) is 31.6 Å². The van der Waals surface area contributed by atoms with Gasteiger partial charge in [-0.05, 0) is 44.2 Å². The second-order valence-corrected chi connectivity index (χ2v) is 8.57. The molecule has 3 aromatic heterocycles. The molecule has 0 aliphatic carbocycles. The predicted molar refractivity (Wildman–Crippen MR) is 128 cm³/mol. The van der Waals surface area contributed by atoms with E-state index in [2.05, 4.69) is 42.7 Å². The van der Waals surface area contributed by atoms with Gasteiger partial charge in [0.05, 0.1) is 18.3 Å². The molecule has 1 saturated heterocycles. The first-order valence-corrected chi connectivity index (χ1v) is 11.0. The van der Waals surface area contributed by atoms with Crippen LogP contribution < -0.4 is 16.0 Å². The predicted octanol–water partition coefficient (Wildman–Crippen LogP) is 4.53. The van der Waals surface area contributed by atoms with E-state index in [0.717, 1.165) is 0 Å². The van der Waals surface area contributed by atoms with Gasteiger partial charge in [-0.15, -0.1) is 5.10 Å². The van der Waals surface area contributed by atoms with Crippen LogP contribution in [0.3, 0.4) is 0 Å². The Labute approximate surface area is 200 Å². The highest BCUT2D eigenvalue weighted by molar-refractivity contribution is 5.88. The molecular formula is C22H27F3N10. The van der Waals surface area contributed by atoms with E-state index in [1.54, 1.807) is 43.4 Å². The van der Waals surface area contributed by atoms with Gasteiger partial charge in [0.2, 0.25) is 5.95 Å². The van der Waals surface area contributed by atoms with Crippen molar-refractivity contribution in [1.82, 2.24) is 24.5 Å². The number of nitrogens with one attached hydrogen (secondary N) is 4. The van der Waals surface area contributed by atoms with E-state index in [9.17, 15) is 13.2 Å². The van der Waals surface area contributed by atoms with Gasteiger partial charge in [-0.3, -0.25) is 0 Å². The number of pyridine rings is 1. The number of nitrogens with zero attached hydrogens (tertiary/aromatic N) is 6. The lowest BCUT2D eigenvalue weighted by molar-refractivity contribution is -0.0675. The van der Waals surface area contributed by atoms with Gasteiger partial charge in [-0.1, -0.05) is 6.58 Å². The maximum atomic E-state index is 14.5. The number of fused-ring (bicyclic) bond motifs is 1. The highest BCUT2D eigenvalue weighted by Gasteiger charge is 2.44. The lowest BCUT2D eigenvalue weighted by atomic mass is 10.0. The van der Waals surface area contributed by atoms with Crippen LogP contribution in [0.1, 0.15) is 13.3 Å². The van der Waals surface area contributed by atoms with Crippen LogP contribution >= 0.6 is 0 Å². The van der Waals surface area contributed by atoms with Gasteiger partial charge in [-0.25, -0.2) is 28.2 Å². The van der Waals surface area contributed by atoms with Crippen molar-refractivity contribution >= 4 is 28.8 Å². The first-order valence-electron chi connectivity index (χ1n) is 11.0. The van der Waals surface area contributed by atoms with Crippen LogP contribution in [0.4, 0.5) is 36.4 Å². The molecule has 0 amide bonds. The molecule has 4 heterocycles. The third-order valence-electron chi connectivity index (χ3n) is 5.81. The molecule has 35 heavy (non-hydrogen) atoms. The maximum absolute atomic E-state index is 14.5. The van der Waals surface area contributed by atoms with Crippen molar-refractivity contribution in [1.29, 1.82) is 5.53 Å². The van der Waals surface area contributed by atoms with Crippen molar-refractivity contribution in [3.05, 3.63) is 36.5 Å². The van der Waals surface area contributed by atoms with Crippen molar-refractivity contribution in [2.75, 3.05) is 43.1 Å². The Morgan fingerprint density at radius 2 is 2.06 bits per heavy atom. The van der Waals surface area contributed by atoms with Gasteiger partial charge in [0.25, 0.3) is 5.92 Å². The van der Waals surface area contributed by atoms with Crippen LogP contribution in [0, 0.1) is 5.53 Å². The maximum Gasteiger partial charge on any atom is 0.280 e. The number of anilines is 3. The van der Waals surface area contributed by atoms with Crippen LogP contribution in [0.5, 0.6) is 0 Å². The third kappa shape index (κ3) is 4.90. The summed E-state index contributed by atoms with van der Waals surface area (Å²) in [4.78, 5) is 10.5. The molecule has 0 spiro atoms. The number of hydrogen-bond acceptors (Lipinski definition) is 9. The summed E-state index contributed by atoms with van der Waals surface area (Å²) in [6.45, 7) is 5.31. The summed E-state index contributed by atoms with van der Waals surface area (Å²) in [5.41, 5.74) is 9.40. The van der Waals surface area contributed by atoms with Crippen LogP contribution in [0.2, 0.25) is 0 Å². The molecule has 13 heteroatoms. The van der Waals surface area contributed by atoms with E-state index < -0.39 is 18.3 Å². The number of hydrogen-bond donors (Lipinski definition) is 4. The minimum atomic E-state index is -2.93. The molecular weight excluding hydrogens is 461 g/mol. The smallest absolute Gasteiger partial charge is 0.280 e. The van der Waals surface area contributed by atoms with Crippen LogP contribution in [-0.4, -0.2) is 69.9 Å². The average molecular weight is 489 g/mol. The number of alkyl halides is 3. The zero-order valence-electron chi connectivity index (χ0n) is 19.6. The normalized spacial score (nSPS) is 18.7. The van der Waals surface area contributed by atoms with E-state index >= 15 is 0 Å². The van der Waals surface area contributed by atoms with Crippen molar-refractivity contribution in [2.24, 2.45) is 5.11 Å². The molecule has 10 nitrogen and oxygen atoms in total. The van der Waals surface area contributed by atoms with Gasteiger partial charge in [0, 0.05) is 25.4 Å². The number of likely N-dealkylation sites (tertiary alicyclic amines) is 1. The zero-order valence-corrected chi connectivity index (χ0v) is 19.6. The lowest BCUT2D eigenvalue weighted by Gasteiger charge is -2.36. The molecule has 0 bridgehead atoms. The Bertz CT molecular complexity index is 1260. The fraction of sp³-hybridized carbons (Fsp3) is 0.409. The second kappa shape index (κ2) is 9.49. The Morgan fingerprint density at radius 1 is 1.29 bits per heavy atom. The summed E-state index contributed by atoms with van der Waals surface area (Å²) < 4.78 is 44.8. The van der Waals surface area contributed by atoms with Crippen molar-refractivity contribution < 1.29 is 13.2 Å². The molecule has 4 rings (SSSR count). The molecule has 4 N–H and O–H groups in total. The van der Waals surface area contributed by atoms with Gasteiger partial charge in [0.1, 0.15) is 11.2 Å². The van der Waals surface area contributed by atoms with Crippen LogP contribution in [-0.2, 0) is 0 Å². The summed E-state index contributed by atoms with van der Waals surface area (Å²) in [7, 11) is 3.33. The zero-order chi connectivity index (χ0) is 25.3. The molecule has 1 unspecified atom stereocenters. The van der Waals surface area contributed by atoms with E-state index in [0.29, 0.717) is 29.1 Å². The monoisotopic (exact) mass is 488 g/mol. The molecule has 2 atom stereocenters. The topological polar surface area (TPSA) is 119 Å². The molecule has 0 aromatic carbocycles. The van der Waals surface area contributed by atoms with Gasteiger partial charge in [-0.2, -0.15) is 10.1 Å². The number of halogens is 3. The Balaban J connectivity index is 1.70. The average Bonchev–Trinajstić information content (AvgIpc) is 3.24. The summed E-state index contributed by atoms with van der Waals surface area (Å²) in [6.07, 6.45) is 0.351. The molecule has 1 fully saturated rings. The fourth-order valence-corrected chi connectivity index (χ4v) is 3.95. The highest BCUT2D eigenvalue weighted by atomic mass is 19.3. The Hall–Kier alpha value is -3.74. The van der Waals surface area contributed by atoms with Crippen LogP contribution in [0.15, 0.2) is 41.7 Å². The number of aromatic nitrogens is 4. The molecule has 1 aliphatic rings. The van der Waals surface area contributed by atoms with E-state index in [1.165, 1.54) is 11.4 Å². The summed E-state index contributed by atoms with van der Waals surface area (Å²) in [6, 6.07) is 3.85. The third-order valence-corrected chi connectivity index (χ3v) is 5.81. The molecule has 3 aromatic rings. The Kier molecular flexibility index (Phi) is 6.61. The lowest BCUT2D eigenvalue weighted by Crippen LogP contribution is -2.53. The SMILES string of the molecule is C=C(C)C(F)Nc1nc(-c2ccn3nc(N[C@@H]4CCN(C)CC4(F)F)nc(NC)c23)ccc1N=N. The molecule has 0 saturated carbocycles. The molecule has 186 valence electrons. The second-order valence-electron chi connectivity index (χ2n) is 8.57. The molecule has 1 aliphatic heterocycles. The van der Waals surface area contributed by atoms with E-state index in [4.69, 9.17) is 5.53 Å². The number of piperidine rings is 1. The summed E-state index contributed by atoms with van der Waals surface area (Å²) in [5.74, 6) is -2.38. The largest absolute Gasteiger partial charge is 0.371 e. The minimum Gasteiger partial charge on any atom is -0.371 e. The summed E-state index contributed by atoms with van der Waals surface area (Å²) in [5, 5.41) is 16.1. The summed E-state index contributed by atoms with van der Waals surface area (Å²) >= 11 is 0. The van der Waals surface area contributed by atoms with Crippen LogP contribution in [0.25, 0.3) is 16.8 Å². The first-order chi connectivity index (χ1) is 16.6. The standard InChI is InChI=1S/C22H27F3N10/c1-12(2)18(23)30-19-15(32-26)6-5-14(28-19)13-7-10-35-17(13)20(27-3)31-21(33-35)29-16-8-9-34(4)11-22(16,24)25/h5-7,10,16,18,26H,1,8-9,11H2,2-4H3,(H,28,30)(H2,27,29,31,33)/t16-,18?/m1/s1. The quantitative estimate of drug-likeness (QED) is 0.209. The molecule has 0 radical (unpaired) electrons. The number of rotatable bonds is 8. The fourth-order valence-electron chi connectivity index (χ4n) is 3.95. The van der Waals surface area contributed by atoms with Gasteiger partial charge >= 0.3 is 0 Å². The minimum absolute atomic E-state index is 0.0682. The van der Waals surface area contributed by atoms with Gasteiger partial charge < -0.3 is 20.9 Å². The van der Waals surface area contributed by atoms with Crippen molar-refractivity contribution in [3.63, 3.8) is 0 Å². The van der Waals surface area contributed by atoms with Crippen molar-refractivity contribution in [3.8, 4) is 11.3 Å². The van der Waals surface area contributed by atoms with E-state index in [-0.39, 0.29) is 36.0 Å². The van der Waals surface area contributed by atoms with Gasteiger partial charge in [0.15, 0.2) is 17.9 Å². The first kappa shape index (κ1) is 24.4.